The molecule has 158 valence electrons. The van der Waals surface area contributed by atoms with Crippen LogP contribution in [0.2, 0.25) is 0 Å². The third-order valence-electron chi connectivity index (χ3n) is 3.77. The highest BCUT2D eigenvalue weighted by atomic mass is 127. The fourth-order valence-corrected chi connectivity index (χ4v) is 2.48. The number of hydrogen-bond donors (Lipinski definition) is 2. The first-order valence-corrected chi connectivity index (χ1v) is 9.20. The summed E-state index contributed by atoms with van der Waals surface area (Å²) < 4.78 is 24.2. The third kappa shape index (κ3) is 7.51. The molecule has 0 fully saturated rings. The summed E-state index contributed by atoms with van der Waals surface area (Å²) in [5.41, 5.74) is 7.67. The number of aliphatic imine (C=N–C) groups is 1. The number of halogens is 2. The number of rotatable bonds is 7. The van der Waals surface area contributed by atoms with E-state index in [0.29, 0.717) is 24.1 Å². The second kappa shape index (κ2) is 11.3. The van der Waals surface area contributed by atoms with Gasteiger partial charge in [0.05, 0.1) is 12.6 Å². The maximum Gasteiger partial charge on any atom is 0.219 e. The molecule has 0 saturated heterocycles. The highest BCUT2D eigenvalue weighted by Crippen LogP contribution is 2.21. The summed E-state index contributed by atoms with van der Waals surface area (Å²) in [5, 5.41) is 3.04. The minimum Gasteiger partial charge on any atom is -0.491 e. The van der Waals surface area contributed by atoms with E-state index in [1.807, 2.05) is 44.2 Å². The molecule has 30 heavy (non-hydrogen) atoms. The van der Waals surface area contributed by atoms with Crippen molar-refractivity contribution in [3.8, 4) is 17.4 Å². The molecule has 0 aliphatic rings. The van der Waals surface area contributed by atoms with E-state index < -0.39 is 0 Å². The Morgan fingerprint density at radius 2 is 1.73 bits per heavy atom. The number of benzene rings is 2. The van der Waals surface area contributed by atoms with Crippen molar-refractivity contribution >= 4 is 35.6 Å². The Bertz CT molecular complexity index is 964. The third-order valence-corrected chi connectivity index (χ3v) is 3.77. The molecule has 0 radical (unpaired) electrons. The van der Waals surface area contributed by atoms with Gasteiger partial charge in [0.15, 0.2) is 5.96 Å². The minimum atomic E-state index is -0.321. The Morgan fingerprint density at radius 1 is 1.07 bits per heavy atom. The van der Waals surface area contributed by atoms with Crippen molar-refractivity contribution in [3.63, 3.8) is 0 Å². The highest BCUT2D eigenvalue weighted by Gasteiger charge is 2.03. The van der Waals surface area contributed by atoms with Crippen LogP contribution in [0.1, 0.15) is 19.4 Å². The maximum absolute atomic E-state index is 13.0. The molecule has 0 bridgehead atoms. The van der Waals surface area contributed by atoms with Gasteiger partial charge in [-0.1, -0.05) is 0 Å². The Kier molecular flexibility index (Phi) is 8.85. The fourth-order valence-electron chi connectivity index (χ4n) is 2.48. The molecule has 0 atom stereocenters. The van der Waals surface area contributed by atoms with E-state index in [0.717, 1.165) is 17.0 Å². The molecule has 2 aromatic carbocycles. The van der Waals surface area contributed by atoms with Gasteiger partial charge in [-0.2, -0.15) is 0 Å². The molecule has 0 aliphatic heterocycles. The van der Waals surface area contributed by atoms with Gasteiger partial charge < -0.3 is 20.5 Å². The number of ether oxygens (including phenoxy) is 2. The van der Waals surface area contributed by atoms with Gasteiger partial charge in [0.1, 0.15) is 17.3 Å². The normalized spacial score (nSPS) is 11.0. The first-order valence-electron chi connectivity index (χ1n) is 9.20. The smallest absolute Gasteiger partial charge is 0.219 e. The van der Waals surface area contributed by atoms with E-state index in [1.54, 1.807) is 24.4 Å². The topological polar surface area (TPSA) is 81.8 Å². The number of nitrogens with one attached hydrogen (secondary N) is 1. The van der Waals surface area contributed by atoms with Crippen LogP contribution in [0, 0.1) is 5.82 Å². The van der Waals surface area contributed by atoms with Crippen LogP contribution in [0.5, 0.6) is 17.4 Å². The molecule has 1 aromatic heterocycles. The number of nitrogens with zero attached hydrogens (tertiary/aromatic N) is 2. The van der Waals surface area contributed by atoms with Gasteiger partial charge in [0, 0.05) is 18.0 Å². The Balaban J connectivity index is 0.00000320. The first kappa shape index (κ1) is 23.4. The number of nitrogens with two attached hydrogens (primary N) is 1. The molecule has 0 spiro atoms. The van der Waals surface area contributed by atoms with Gasteiger partial charge >= 0.3 is 0 Å². The lowest BCUT2D eigenvalue weighted by Crippen LogP contribution is -2.22. The van der Waals surface area contributed by atoms with Gasteiger partial charge in [-0.05, 0) is 74.0 Å². The SMILES string of the molecule is CC(C)Oc1ccc(NC(N)=NCc2ccnc(Oc3ccc(F)cc3)c2)cc1.I. The molecule has 6 nitrogen and oxygen atoms in total. The quantitative estimate of drug-likeness (QED) is 0.249. The largest absolute Gasteiger partial charge is 0.491 e. The Labute approximate surface area is 192 Å². The van der Waals surface area contributed by atoms with Crippen LogP contribution in [0.3, 0.4) is 0 Å². The first-order chi connectivity index (χ1) is 14.0. The molecule has 3 rings (SSSR count). The fraction of sp³-hybridized carbons (Fsp3) is 0.182. The molecule has 0 unspecified atom stereocenters. The number of hydrogen-bond acceptors (Lipinski definition) is 4. The molecule has 3 N–H and O–H groups in total. The van der Waals surface area contributed by atoms with Gasteiger partial charge in [-0.3, -0.25) is 0 Å². The number of guanidine groups is 1. The zero-order valence-electron chi connectivity index (χ0n) is 16.7. The van der Waals surface area contributed by atoms with Gasteiger partial charge in [0.25, 0.3) is 0 Å². The van der Waals surface area contributed by atoms with Crippen molar-refractivity contribution in [1.82, 2.24) is 4.98 Å². The second-order valence-electron chi connectivity index (χ2n) is 6.58. The lowest BCUT2D eigenvalue weighted by atomic mass is 10.2. The Hall–Kier alpha value is -2.88. The van der Waals surface area contributed by atoms with E-state index in [1.165, 1.54) is 12.1 Å². The summed E-state index contributed by atoms with van der Waals surface area (Å²) in [4.78, 5) is 8.50. The van der Waals surface area contributed by atoms with Crippen molar-refractivity contribution in [2.24, 2.45) is 10.7 Å². The van der Waals surface area contributed by atoms with Crippen molar-refractivity contribution < 1.29 is 13.9 Å². The van der Waals surface area contributed by atoms with Crippen LogP contribution in [-0.4, -0.2) is 17.0 Å². The summed E-state index contributed by atoms with van der Waals surface area (Å²) in [6.07, 6.45) is 1.75. The summed E-state index contributed by atoms with van der Waals surface area (Å²) >= 11 is 0. The summed E-state index contributed by atoms with van der Waals surface area (Å²) in [5.74, 6) is 1.67. The molecule has 0 amide bonds. The highest BCUT2D eigenvalue weighted by molar-refractivity contribution is 14.0. The maximum atomic E-state index is 13.0. The van der Waals surface area contributed by atoms with Crippen LogP contribution in [0.25, 0.3) is 0 Å². The van der Waals surface area contributed by atoms with Gasteiger partial charge in [-0.25, -0.2) is 14.4 Å². The molecule has 0 saturated carbocycles. The molecular weight excluding hydrogens is 498 g/mol. The summed E-state index contributed by atoms with van der Waals surface area (Å²) in [6, 6.07) is 16.8. The van der Waals surface area contributed by atoms with Crippen LogP contribution in [-0.2, 0) is 6.54 Å². The van der Waals surface area contributed by atoms with Crippen LogP contribution < -0.4 is 20.5 Å². The number of aromatic nitrogens is 1. The summed E-state index contributed by atoms with van der Waals surface area (Å²) in [6.45, 7) is 4.31. The molecule has 0 aliphatic carbocycles. The molecule has 1 heterocycles. The molecular formula is C22H24FIN4O2. The molecule has 8 heteroatoms. The van der Waals surface area contributed by atoms with E-state index in [9.17, 15) is 4.39 Å². The second-order valence-corrected chi connectivity index (χ2v) is 6.58. The monoisotopic (exact) mass is 522 g/mol. The van der Waals surface area contributed by atoms with Gasteiger partial charge in [0.2, 0.25) is 5.88 Å². The van der Waals surface area contributed by atoms with Crippen molar-refractivity contribution in [2.75, 3.05) is 5.32 Å². The number of anilines is 1. The zero-order chi connectivity index (χ0) is 20.6. The van der Waals surface area contributed by atoms with Crippen LogP contribution in [0.4, 0.5) is 10.1 Å². The Morgan fingerprint density at radius 3 is 2.40 bits per heavy atom. The lowest BCUT2D eigenvalue weighted by molar-refractivity contribution is 0.242. The average molecular weight is 522 g/mol. The van der Waals surface area contributed by atoms with Gasteiger partial charge in [-0.15, -0.1) is 24.0 Å². The van der Waals surface area contributed by atoms with Crippen molar-refractivity contribution in [1.29, 1.82) is 0 Å². The van der Waals surface area contributed by atoms with Crippen molar-refractivity contribution in [3.05, 3.63) is 78.2 Å². The summed E-state index contributed by atoms with van der Waals surface area (Å²) in [7, 11) is 0. The van der Waals surface area contributed by atoms with E-state index >= 15 is 0 Å². The van der Waals surface area contributed by atoms with E-state index in [-0.39, 0.29) is 35.9 Å². The van der Waals surface area contributed by atoms with E-state index in [4.69, 9.17) is 15.2 Å². The predicted octanol–water partition coefficient (Wildman–Crippen LogP) is 5.35. The average Bonchev–Trinajstić information content (AvgIpc) is 2.70. The lowest BCUT2D eigenvalue weighted by Gasteiger charge is -2.11. The van der Waals surface area contributed by atoms with Crippen molar-refractivity contribution in [2.45, 2.75) is 26.5 Å². The predicted molar refractivity (Wildman–Crippen MR) is 127 cm³/mol. The zero-order valence-corrected chi connectivity index (χ0v) is 19.0. The van der Waals surface area contributed by atoms with Crippen LogP contribution in [0.15, 0.2) is 71.9 Å². The van der Waals surface area contributed by atoms with Crippen LogP contribution >= 0.6 is 24.0 Å². The minimum absolute atomic E-state index is 0. The molecule has 3 aromatic rings. The standard InChI is InChI=1S/C22H23FN4O2.HI/c1-15(2)28-19-9-5-18(6-10-19)27-22(24)26-14-16-11-12-25-21(13-16)29-20-7-3-17(23)4-8-20;/h3-13,15H,14H2,1-2H3,(H3,24,26,27);1H. The van der Waals surface area contributed by atoms with E-state index in [2.05, 4.69) is 15.3 Å². The number of pyridine rings is 1.